The SMILES string of the molecule is Cc1ccc(NC(=O)[C@H](Sc2nncn2N)c2ccccc2)cc1Cl. The highest BCUT2D eigenvalue weighted by Crippen LogP contribution is 2.34. The molecule has 2 aromatic carbocycles. The molecule has 0 radical (unpaired) electrons. The second-order valence-electron chi connectivity index (χ2n) is 5.38. The Labute approximate surface area is 154 Å². The van der Waals surface area contributed by atoms with Gasteiger partial charge in [-0.25, -0.2) is 4.68 Å². The van der Waals surface area contributed by atoms with Crippen molar-refractivity contribution in [1.29, 1.82) is 0 Å². The molecule has 0 spiro atoms. The Kier molecular flexibility index (Phi) is 5.25. The first-order valence-electron chi connectivity index (χ1n) is 7.48. The zero-order valence-electron chi connectivity index (χ0n) is 13.4. The number of rotatable bonds is 5. The molecule has 3 aromatic rings. The van der Waals surface area contributed by atoms with Gasteiger partial charge in [-0.15, -0.1) is 10.2 Å². The summed E-state index contributed by atoms with van der Waals surface area (Å²) in [6.07, 6.45) is 1.39. The van der Waals surface area contributed by atoms with Crippen LogP contribution in [0.2, 0.25) is 5.02 Å². The normalized spacial score (nSPS) is 11.9. The highest BCUT2D eigenvalue weighted by Gasteiger charge is 2.24. The van der Waals surface area contributed by atoms with Crippen LogP contribution >= 0.6 is 23.4 Å². The van der Waals surface area contributed by atoms with Crippen LogP contribution < -0.4 is 11.2 Å². The molecule has 128 valence electrons. The quantitative estimate of drug-likeness (QED) is 0.528. The lowest BCUT2D eigenvalue weighted by Crippen LogP contribution is -2.20. The lowest BCUT2D eigenvalue weighted by atomic mass is 10.1. The van der Waals surface area contributed by atoms with Gasteiger partial charge in [0.2, 0.25) is 11.1 Å². The van der Waals surface area contributed by atoms with Crippen molar-refractivity contribution in [2.24, 2.45) is 0 Å². The highest BCUT2D eigenvalue weighted by molar-refractivity contribution is 8.00. The van der Waals surface area contributed by atoms with Crippen molar-refractivity contribution < 1.29 is 4.79 Å². The Morgan fingerprint density at radius 1 is 1.28 bits per heavy atom. The van der Waals surface area contributed by atoms with Crippen LogP contribution in [0.3, 0.4) is 0 Å². The predicted molar refractivity (Wildman–Crippen MR) is 100 cm³/mol. The number of carbonyl (C=O) groups excluding carboxylic acids is 1. The van der Waals surface area contributed by atoms with Crippen LogP contribution in [0.4, 0.5) is 5.69 Å². The molecule has 1 aromatic heterocycles. The third-order valence-electron chi connectivity index (χ3n) is 3.54. The minimum absolute atomic E-state index is 0.195. The number of halogens is 1. The van der Waals surface area contributed by atoms with Crippen molar-refractivity contribution in [3.05, 3.63) is 71.0 Å². The first kappa shape index (κ1) is 17.3. The number of aromatic nitrogens is 3. The second-order valence-corrected chi connectivity index (χ2v) is 6.86. The predicted octanol–water partition coefficient (Wildman–Crippen LogP) is 3.43. The van der Waals surface area contributed by atoms with Crippen LogP contribution in [-0.2, 0) is 4.79 Å². The molecule has 3 N–H and O–H groups in total. The number of anilines is 1. The number of nitrogen functional groups attached to an aromatic ring is 1. The Bertz CT molecular complexity index is 884. The van der Waals surface area contributed by atoms with E-state index in [0.717, 1.165) is 11.1 Å². The number of carbonyl (C=O) groups is 1. The molecule has 3 rings (SSSR count). The van der Waals surface area contributed by atoms with Crippen molar-refractivity contribution >= 4 is 35.0 Å². The summed E-state index contributed by atoms with van der Waals surface area (Å²) in [6.45, 7) is 1.91. The molecule has 6 nitrogen and oxygen atoms in total. The van der Waals surface area contributed by atoms with Crippen LogP contribution in [0, 0.1) is 6.92 Å². The summed E-state index contributed by atoms with van der Waals surface area (Å²) in [5, 5.41) is 11.1. The third-order valence-corrected chi connectivity index (χ3v) is 5.18. The molecule has 0 fully saturated rings. The van der Waals surface area contributed by atoms with E-state index in [4.69, 9.17) is 17.4 Å². The molecule has 1 amide bonds. The summed E-state index contributed by atoms with van der Waals surface area (Å²) < 4.78 is 1.29. The number of hydrogen-bond donors (Lipinski definition) is 2. The van der Waals surface area contributed by atoms with Gasteiger partial charge in [-0.1, -0.05) is 59.8 Å². The van der Waals surface area contributed by atoms with Crippen molar-refractivity contribution in [3.8, 4) is 0 Å². The third kappa shape index (κ3) is 4.12. The van der Waals surface area contributed by atoms with E-state index in [9.17, 15) is 4.79 Å². The average molecular weight is 374 g/mol. The van der Waals surface area contributed by atoms with E-state index in [0.29, 0.717) is 15.9 Å². The number of nitrogens with two attached hydrogens (primary N) is 1. The van der Waals surface area contributed by atoms with Gasteiger partial charge in [0, 0.05) is 10.7 Å². The minimum atomic E-state index is -0.534. The van der Waals surface area contributed by atoms with Crippen molar-refractivity contribution in [2.45, 2.75) is 17.3 Å². The Morgan fingerprint density at radius 3 is 2.68 bits per heavy atom. The molecule has 0 aliphatic heterocycles. The van der Waals surface area contributed by atoms with Gasteiger partial charge in [-0.3, -0.25) is 4.79 Å². The molecule has 0 aliphatic carbocycles. The van der Waals surface area contributed by atoms with Crippen LogP contribution in [-0.4, -0.2) is 20.8 Å². The maximum atomic E-state index is 12.9. The topological polar surface area (TPSA) is 85.8 Å². The van der Waals surface area contributed by atoms with Gasteiger partial charge in [0.15, 0.2) is 0 Å². The summed E-state index contributed by atoms with van der Waals surface area (Å²) in [5.74, 6) is 5.58. The fourth-order valence-electron chi connectivity index (χ4n) is 2.20. The van der Waals surface area contributed by atoms with Crippen LogP contribution in [0.1, 0.15) is 16.4 Å². The molecule has 25 heavy (non-hydrogen) atoms. The molecule has 0 saturated heterocycles. The van der Waals surface area contributed by atoms with Crippen molar-refractivity contribution in [1.82, 2.24) is 14.9 Å². The van der Waals surface area contributed by atoms with E-state index in [-0.39, 0.29) is 5.91 Å². The van der Waals surface area contributed by atoms with Crippen molar-refractivity contribution in [3.63, 3.8) is 0 Å². The maximum Gasteiger partial charge on any atom is 0.242 e. The number of nitrogens with zero attached hydrogens (tertiary/aromatic N) is 3. The summed E-state index contributed by atoms with van der Waals surface area (Å²) in [6, 6.07) is 14.8. The monoisotopic (exact) mass is 373 g/mol. The zero-order chi connectivity index (χ0) is 17.8. The summed E-state index contributed by atoms with van der Waals surface area (Å²) >= 11 is 7.36. The molecule has 0 unspecified atom stereocenters. The second kappa shape index (κ2) is 7.58. The Hall–Kier alpha value is -2.51. The number of thioether (sulfide) groups is 1. The number of amides is 1. The van der Waals surface area contributed by atoms with E-state index in [1.807, 2.05) is 49.4 Å². The molecule has 1 atom stereocenters. The van der Waals surface area contributed by atoms with Gasteiger partial charge in [0.1, 0.15) is 11.6 Å². The van der Waals surface area contributed by atoms with Gasteiger partial charge in [-0.05, 0) is 30.2 Å². The fraction of sp³-hybridized carbons (Fsp3) is 0.118. The molecular weight excluding hydrogens is 358 g/mol. The standard InChI is InChI=1S/C17H16ClN5OS/c1-11-7-8-13(9-14(11)18)21-16(24)15(12-5-3-2-4-6-12)25-17-22-20-10-23(17)19/h2-10,15H,19H2,1H3,(H,21,24)/t15-/m1/s1. The van der Waals surface area contributed by atoms with Gasteiger partial charge in [0.05, 0.1) is 0 Å². The number of benzene rings is 2. The van der Waals surface area contributed by atoms with Gasteiger partial charge < -0.3 is 11.2 Å². The lowest BCUT2D eigenvalue weighted by molar-refractivity contribution is -0.115. The van der Waals surface area contributed by atoms with E-state index < -0.39 is 5.25 Å². The summed E-state index contributed by atoms with van der Waals surface area (Å²) in [7, 11) is 0. The first-order valence-corrected chi connectivity index (χ1v) is 8.74. The fourth-order valence-corrected chi connectivity index (χ4v) is 3.31. The molecule has 1 heterocycles. The number of hydrogen-bond acceptors (Lipinski definition) is 5. The lowest BCUT2D eigenvalue weighted by Gasteiger charge is -2.16. The van der Waals surface area contributed by atoms with Gasteiger partial charge in [-0.2, -0.15) is 0 Å². The first-order chi connectivity index (χ1) is 12.0. The van der Waals surface area contributed by atoms with E-state index in [1.165, 1.54) is 22.8 Å². The van der Waals surface area contributed by atoms with Crippen LogP contribution in [0.25, 0.3) is 0 Å². The molecule has 0 bridgehead atoms. The summed E-state index contributed by atoms with van der Waals surface area (Å²) in [4.78, 5) is 12.9. The molecule has 0 aliphatic rings. The van der Waals surface area contributed by atoms with Crippen LogP contribution in [0.15, 0.2) is 60.0 Å². The van der Waals surface area contributed by atoms with Crippen LogP contribution in [0.5, 0.6) is 0 Å². The number of aryl methyl sites for hydroxylation is 1. The highest BCUT2D eigenvalue weighted by atomic mass is 35.5. The van der Waals surface area contributed by atoms with E-state index in [2.05, 4.69) is 15.5 Å². The maximum absolute atomic E-state index is 12.9. The number of nitrogens with one attached hydrogen (secondary N) is 1. The smallest absolute Gasteiger partial charge is 0.242 e. The minimum Gasteiger partial charge on any atom is -0.336 e. The Morgan fingerprint density at radius 2 is 2.04 bits per heavy atom. The zero-order valence-corrected chi connectivity index (χ0v) is 15.0. The molecular formula is C17H16ClN5OS. The van der Waals surface area contributed by atoms with Gasteiger partial charge >= 0.3 is 0 Å². The van der Waals surface area contributed by atoms with Gasteiger partial charge in [0.25, 0.3) is 0 Å². The molecule has 0 saturated carbocycles. The van der Waals surface area contributed by atoms with Crippen molar-refractivity contribution in [2.75, 3.05) is 11.2 Å². The largest absolute Gasteiger partial charge is 0.336 e. The van der Waals surface area contributed by atoms with E-state index >= 15 is 0 Å². The summed E-state index contributed by atoms with van der Waals surface area (Å²) in [5.41, 5.74) is 2.42. The van der Waals surface area contributed by atoms with E-state index in [1.54, 1.807) is 6.07 Å². The molecule has 8 heteroatoms. The Balaban J connectivity index is 1.86. The average Bonchev–Trinajstić information content (AvgIpc) is 3.01.